The number of carbonyl (C=O) groups is 1. The van der Waals surface area contributed by atoms with Crippen molar-refractivity contribution in [1.29, 1.82) is 0 Å². The first-order chi connectivity index (χ1) is 15.6. The SMILES string of the molecule is COc1ccc(CNC(=O)c2ccc(Nc3ccc(-c4cccc(C)c4)nn3)cc2)cc1. The topological polar surface area (TPSA) is 76.1 Å². The van der Waals surface area contributed by atoms with E-state index in [2.05, 4.69) is 39.9 Å². The molecule has 6 nitrogen and oxygen atoms in total. The minimum absolute atomic E-state index is 0.130. The molecule has 3 aromatic carbocycles. The van der Waals surface area contributed by atoms with Gasteiger partial charge in [0, 0.05) is 23.4 Å². The summed E-state index contributed by atoms with van der Waals surface area (Å²) in [6, 6.07) is 26.8. The van der Waals surface area contributed by atoms with Crippen molar-refractivity contribution in [1.82, 2.24) is 15.5 Å². The number of anilines is 2. The molecule has 32 heavy (non-hydrogen) atoms. The quantitative estimate of drug-likeness (QED) is 0.430. The van der Waals surface area contributed by atoms with E-state index >= 15 is 0 Å². The zero-order valence-electron chi connectivity index (χ0n) is 18.0. The Balaban J connectivity index is 1.34. The molecule has 2 N–H and O–H groups in total. The molecule has 1 aromatic heterocycles. The maximum Gasteiger partial charge on any atom is 0.251 e. The van der Waals surface area contributed by atoms with Crippen LogP contribution in [-0.4, -0.2) is 23.2 Å². The summed E-state index contributed by atoms with van der Waals surface area (Å²) in [4.78, 5) is 12.4. The van der Waals surface area contributed by atoms with Crippen LogP contribution in [0.15, 0.2) is 84.9 Å². The number of nitrogens with one attached hydrogen (secondary N) is 2. The highest BCUT2D eigenvalue weighted by atomic mass is 16.5. The average Bonchev–Trinajstić information content (AvgIpc) is 2.84. The lowest BCUT2D eigenvalue weighted by Gasteiger charge is -2.09. The molecular formula is C26H24N4O2. The van der Waals surface area contributed by atoms with Gasteiger partial charge >= 0.3 is 0 Å². The Morgan fingerprint density at radius 1 is 0.906 bits per heavy atom. The lowest BCUT2D eigenvalue weighted by Crippen LogP contribution is -2.22. The molecule has 0 bridgehead atoms. The number of benzene rings is 3. The van der Waals surface area contributed by atoms with Gasteiger partial charge in [-0.15, -0.1) is 10.2 Å². The smallest absolute Gasteiger partial charge is 0.251 e. The van der Waals surface area contributed by atoms with E-state index < -0.39 is 0 Å². The van der Waals surface area contributed by atoms with Crippen molar-refractivity contribution in [3.8, 4) is 17.0 Å². The van der Waals surface area contributed by atoms with Crippen LogP contribution in [0.4, 0.5) is 11.5 Å². The lowest BCUT2D eigenvalue weighted by molar-refractivity contribution is 0.0951. The number of aryl methyl sites for hydroxylation is 1. The van der Waals surface area contributed by atoms with E-state index in [-0.39, 0.29) is 5.91 Å². The fourth-order valence-electron chi connectivity index (χ4n) is 3.24. The second-order valence-electron chi connectivity index (χ2n) is 7.41. The highest BCUT2D eigenvalue weighted by Crippen LogP contribution is 2.20. The molecule has 0 saturated heterocycles. The third-order valence-electron chi connectivity index (χ3n) is 5.01. The van der Waals surface area contributed by atoms with Crippen molar-refractivity contribution in [3.05, 3.63) is 102 Å². The van der Waals surface area contributed by atoms with E-state index in [9.17, 15) is 4.79 Å². The molecule has 0 aliphatic carbocycles. The summed E-state index contributed by atoms with van der Waals surface area (Å²) < 4.78 is 5.15. The van der Waals surface area contributed by atoms with Crippen molar-refractivity contribution >= 4 is 17.4 Å². The van der Waals surface area contributed by atoms with Crippen molar-refractivity contribution in [2.45, 2.75) is 13.5 Å². The highest BCUT2D eigenvalue weighted by molar-refractivity contribution is 5.94. The zero-order chi connectivity index (χ0) is 22.3. The first-order valence-corrected chi connectivity index (χ1v) is 10.3. The monoisotopic (exact) mass is 424 g/mol. The Kier molecular flexibility index (Phi) is 6.41. The van der Waals surface area contributed by atoms with E-state index in [4.69, 9.17) is 4.74 Å². The van der Waals surface area contributed by atoms with Crippen LogP contribution >= 0.6 is 0 Å². The predicted molar refractivity (Wildman–Crippen MR) is 126 cm³/mol. The number of carbonyl (C=O) groups excluding carboxylic acids is 1. The van der Waals surface area contributed by atoms with E-state index in [1.807, 2.05) is 60.7 Å². The molecule has 0 aliphatic heterocycles. The molecule has 4 aromatic rings. The van der Waals surface area contributed by atoms with Gasteiger partial charge in [-0.1, -0.05) is 35.9 Å². The third kappa shape index (κ3) is 5.29. The molecular weight excluding hydrogens is 400 g/mol. The van der Waals surface area contributed by atoms with E-state index in [0.717, 1.165) is 28.3 Å². The summed E-state index contributed by atoms with van der Waals surface area (Å²) in [6.07, 6.45) is 0. The summed E-state index contributed by atoms with van der Waals surface area (Å²) in [5, 5.41) is 14.7. The molecule has 4 rings (SSSR count). The summed E-state index contributed by atoms with van der Waals surface area (Å²) in [5.41, 5.74) is 5.46. The second-order valence-corrected chi connectivity index (χ2v) is 7.41. The fraction of sp³-hybridized carbons (Fsp3) is 0.115. The minimum Gasteiger partial charge on any atom is -0.497 e. The molecule has 0 aliphatic rings. The Morgan fingerprint density at radius 2 is 1.69 bits per heavy atom. The van der Waals surface area contributed by atoms with Crippen molar-refractivity contribution in [2.24, 2.45) is 0 Å². The summed E-state index contributed by atoms with van der Waals surface area (Å²) in [7, 11) is 1.63. The minimum atomic E-state index is -0.130. The number of hydrogen-bond acceptors (Lipinski definition) is 5. The van der Waals surface area contributed by atoms with E-state index in [1.165, 1.54) is 5.56 Å². The number of nitrogens with zero attached hydrogens (tertiary/aromatic N) is 2. The third-order valence-corrected chi connectivity index (χ3v) is 5.01. The Morgan fingerprint density at radius 3 is 2.34 bits per heavy atom. The van der Waals surface area contributed by atoms with Gasteiger partial charge in [-0.3, -0.25) is 4.79 Å². The largest absolute Gasteiger partial charge is 0.497 e. The maximum atomic E-state index is 12.4. The van der Waals surface area contributed by atoms with Crippen LogP contribution < -0.4 is 15.4 Å². The van der Waals surface area contributed by atoms with Crippen LogP contribution in [0, 0.1) is 6.92 Å². The molecule has 0 saturated carbocycles. The van der Waals surface area contributed by atoms with Crippen LogP contribution in [0.3, 0.4) is 0 Å². The molecule has 0 fully saturated rings. The maximum absolute atomic E-state index is 12.4. The normalized spacial score (nSPS) is 10.4. The summed E-state index contributed by atoms with van der Waals surface area (Å²) in [5.74, 6) is 1.30. The Hall–Kier alpha value is -4.19. The number of methoxy groups -OCH3 is 1. The van der Waals surface area contributed by atoms with Crippen LogP contribution in [-0.2, 0) is 6.54 Å². The molecule has 1 amide bonds. The van der Waals surface area contributed by atoms with E-state index in [1.54, 1.807) is 19.2 Å². The van der Waals surface area contributed by atoms with Gasteiger partial charge in [-0.25, -0.2) is 0 Å². The number of ether oxygens (including phenoxy) is 1. The average molecular weight is 425 g/mol. The fourth-order valence-corrected chi connectivity index (χ4v) is 3.24. The molecule has 1 heterocycles. The van der Waals surface area contributed by atoms with Crippen LogP contribution in [0.1, 0.15) is 21.5 Å². The van der Waals surface area contributed by atoms with E-state index in [0.29, 0.717) is 17.9 Å². The molecule has 0 atom stereocenters. The van der Waals surface area contributed by atoms with Gasteiger partial charge in [0.2, 0.25) is 0 Å². The van der Waals surface area contributed by atoms with Gasteiger partial charge in [0.15, 0.2) is 5.82 Å². The molecule has 0 spiro atoms. The van der Waals surface area contributed by atoms with Crippen molar-refractivity contribution in [3.63, 3.8) is 0 Å². The van der Waals surface area contributed by atoms with Crippen molar-refractivity contribution < 1.29 is 9.53 Å². The Bertz CT molecular complexity index is 1190. The second kappa shape index (κ2) is 9.75. The van der Waals surface area contributed by atoms with Gasteiger partial charge in [-0.2, -0.15) is 0 Å². The van der Waals surface area contributed by atoms with Gasteiger partial charge in [0.25, 0.3) is 5.91 Å². The predicted octanol–water partition coefficient (Wildman–Crippen LogP) is 5.13. The van der Waals surface area contributed by atoms with Crippen molar-refractivity contribution in [2.75, 3.05) is 12.4 Å². The highest BCUT2D eigenvalue weighted by Gasteiger charge is 2.07. The first kappa shape index (κ1) is 21.1. The Labute approximate surface area is 187 Å². The number of hydrogen-bond donors (Lipinski definition) is 2. The zero-order valence-corrected chi connectivity index (χ0v) is 18.0. The molecule has 0 unspecified atom stereocenters. The number of amides is 1. The van der Waals surface area contributed by atoms with Gasteiger partial charge in [-0.05, 0) is 67.1 Å². The molecule has 160 valence electrons. The standard InChI is InChI=1S/C26H24N4O2/c1-18-4-3-5-21(16-18)24-14-15-25(30-29-24)28-22-10-8-20(9-11-22)26(31)27-17-19-6-12-23(32-2)13-7-19/h3-16H,17H2,1-2H3,(H,27,31)(H,28,30). The van der Waals surface area contributed by atoms with Gasteiger partial charge in [0.05, 0.1) is 12.8 Å². The van der Waals surface area contributed by atoms with Crippen LogP contribution in [0.25, 0.3) is 11.3 Å². The van der Waals surface area contributed by atoms with Gasteiger partial charge in [0.1, 0.15) is 5.75 Å². The number of rotatable bonds is 7. The molecule has 0 radical (unpaired) electrons. The number of aromatic nitrogens is 2. The summed E-state index contributed by atoms with van der Waals surface area (Å²) >= 11 is 0. The summed E-state index contributed by atoms with van der Waals surface area (Å²) in [6.45, 7) is 2.50. The lowest BCUT2D eigenvalue weighted by atomic mass is 10.1. The first-order valence-electron chi connectivity index (χ1n) is 10.3. The van der Waals surface area contributed by atoms with Crippen LogP contribution in [0.2, 0.25) is 0 Å². The van der Waals surface area contributed by atoms with Gasteiger partial charge < -0.3 is 15.4 Å². The molecule has 6 heteroatoms. The van der Waals surface area contributed by atoms with Crippen LogP contribution in [0.5, 0.6) is 5.75 Å².